The Bertz CT molecular complexity index is 356. The highest BCUT2D eigenvalue weighted by Crippen LogP contribution is 2.13. The van der Waals surface area contributed by atoms with Gasteiger partial charge in [-0.15, -0.1) is 0 Å². The number of hydrogen-bond acceptors (Lipinski definition) is 3. The molecule has 84 valence electrons. The van der Waals surface area contributed by atoms with Crippen LogP contribution in [0.5, 0.6) is 0 Å². The first-order chi connectivity index (χ1) is 6.91. The second-order valence-electron chi connectivity index (χ2n) is 3.90. The zero-order valence-corrected chi connectivity index (χ0v) is 9.90. The summed E-state index contributed by atoms with van der Waals surface area (Å²) >= 11 is 0. The van der Waals surface area contributed by atoms with E-state index in [4.69, 9.17) is 0 Å². The Labute approximate surface area is 90.1 Å². The van der Waals surface area contributed by atoms with Gasteiger partial charge in [0.25, 0.3) is 0 Å². The predicted octanol–water partition coefficient (Wildman–Crippen LogP) is 0.617. The molecule has 1 N–H and O–H groups in total. The van der Waals surface area contributed by atoms with Gasteiger partial charge >= 0.3 is 0 Å². The van der Waals surface area contributed by atoms with E-state index in [1.807, 2.05) is 27.1 Å². The molecule has 1 aromatic heterocycles. The van der Waals surface area contributed by atoms with Crippen LogP contribution in [0.15, 0.2) is 6.20 Å². The Morgan fingerprint density at radius 3 is 2.60 bits per heavy atom. The molecule has 0 fully saturated rings. The van der Waals surface area contributed by atoms with Crippen molar-refractivity contribution >= 4 is 11.6 Å². The average molecular weight is 210 g/mol. The molecule has 5 heteroatoms. The van der Waals surface area contributed by atoms with Gasteiger partial charge in [0.1, 0.15) is 6.04 Å². The largest absolute Gasteiger partial charge is 0.371 e. The molecule has 0 radical (unpaired) electrons. The Morgan fingerprint density at radius 2 is 2.20 bits per heavy atom. The van der Waals surface area contributed by atoms with Crippen LogP contribution in [-0.2, 0) is 11.8 Å². The standard InChI is InChI=1S/C10H18N4O/c1-7-9(6-14(5)12-7)11-8(2)10(15)13(3)4/h6,8,11H,1-5H3. The quantitative estimate of drug-likeness (QED) is 0.795. The number of nitrogens with zero attached hydrogens (tertiary/aromatic N) is 3. The van der Waals surface area contributed by atoms with Crippen molar-refractivity contribution in [3.63, 3.8) is 0 Å². The van der Waals surface area contributed by atoms with E-state index in [-0.39, 0.29) is 11.9 Å². The Balaban J connectivity index is 2.70. The van der Waals surface area contributed by atoms with Crippen LogP contribution in [-0.4, -0.2) is 40.7 Å². The van der Waals surface area contributed by atoms with Gasteiger partial charge in [0, 0.05) is 27.3 Å². The van der Waals surface area contributed by atoms with Crippen molar-refractivity contribution in [2.24, 2.45) is 7.05 Å². The molecular formula is C10H18N4O. The van der Waals surface area contributed by atoms with Crippen LogP contribution in [0.2, 0.25) is 0 Å². The van der Waals surface area contributed by atoms with Crippen LogP contribution < -0.4 is 5.32 Å². The molecule has 0 spiro atoms. The van der Waals surface area contributed by atoms with Crippen molar-refractivity contribution in [1.29, 1.82) is 0 Å². The van der Waals surface area contributed by atoms with Crippen LogP contribution in [0, 0.1) is 6.92 Å². The zero-order chi connectivity index (χ0) is 11.6. The molecule has 0 aromatic carbocycles. The van der Waals surface area contributed by atoms with Crippen molar-refractivity contribution in [3.05, 3.63) is 11.9 Å². The molecule has 0 aliphatic rings. The average Bonchev–Trinajstić information content (AvgIpc) is 2.43. The van der Waals surface area contributed by atoms with Crippen molar-refractivity contribution < 1.29 is 4.79 Å². The SMILES string of the molecule is Cc1nn(C)cc1NC(C)C(=O)N(C)C. The summed E-state index contributed by atoms with van der Waals surface area (Å²) < 4.78 is 1.73. The first-order valence-corrected chi connectivity index (χ1v) is 4.89. The van der Waals surface area contributed by atoms with Crippen LogP contribution in [0.4, 0.5) is 5.69 Å². The van der Waals surface area contributed by atoms with E-state index in [0.717, 1.165) is 11.4 Å². The predicted molar refractivity (Wildman–Crippen MR) is 59.7 cm³/mol. The summed E-state index contributed by atoms with van der Waals surface area (Å²) in [6, 6.07) is -0.233. The summed E-state index contributed by atoms with van der Waals surface area (Å²) in [5.74, 6) is 0.0539. The maximum Gasteiger partial charge on any atom is 0.244 e. The maximum atomic E-state index is 11.6. The molecule has 5 nitrogen and oxygen atoms in total. The van der Waals surface area contributed by atoms with Gasteiger partial charge in [0.2, 0.25) is 5.91 Å². The minimum Gasteiger partial charge on any atom is -0.371 e. The number of hydrogen-bond donors (Lipinski definition) is 1. The third-order valence-corrected chi connectivity index (χ3v) is 2.20. The number of carbonyl (C=O) groups excluding carboxylic acids is 1. The van der Waals surface area contributed by atoms with Crippen molar-refractivity contribution in [2.45, 2.75) is 19.9 Å². The van der Waals surface area contributed by atoms with Gasteiger partial charge in [0.15, 0.2) is 0 Å². The zero-order valence-electron chi connectivity index (χ0n) is 9.90. The maximum absolute atomic E-state index is 11.6. The second-order valence-corrected chi connectivity index (χ2v) is 3.90. The van der Waals surface area contributed by atoms with Gasteiger partial charge in [-0.3, -0.25) is 9.48 Å². The minimum atomic E-state index is -0.233. The van der Waals surface area contributed by atoms with Gasteiger partial charge in [0.05, 0.1) is 11.4 Å². The van der Waals surface area contributed by atoms with E-state index in [1.54, 1.807) is 23.7 Å². The lowest BCUT2D eigenvalue weighted by atomic mass is 10.2. The second kappa shape index (κ2) is 4.33. The lowest BCUT2D eigenvalue weighted by molar-refractivity contribution is -0.129. The third kappa shape index (κ3) is 2.71. The summed E-state index contributed by atoms with van der Waals surface area (Å²) in [4.78, 5) is 13.2. The summed E-state index contributed by atoms with van der Waals surface area (Å²) in [6.45, 7) is 3.75. The van der Waals surface area contributed by atoms with E-state index in [1.165, 1.54) is 0 Å². The molecule has 1 aromatic rings. The molecular weight excluding hydrogens is 192 g/mol. The van der Waals surface area contributed by atoms with E-state index in [2.05, 4.69) is 10.4 Å². The molecule has 1 rings (SSSR count). The normalized spacial score (nSPS) is 12.3. The number of anilines is 1. The van der Waals surface area contributed by atoms with E-state index < -0.39 is 0 Å². The monoisotopic (exact) mass is 210 g/mol. The van der Waals surface area contributed by atoms with E-state index in [0.29, 0.717) is 0 Å². The van der Waals surface area contributed by atoms with Gasteiger partial charge in [-0.1, -0.05) is 0 Å². The van der Waals surface area contributed by atoms with Crippen LogP contribution in [0.25, 0.3) is 0 Å². The number of likely N-dealkylation sites (N-methyl/N-ethyl adjacent to an activating group) is 1. The minimum absolute atomic E-state index is 0.0539. The molecule has 0 saturated carbocycles. The topological polar surface area (TPSA) is 50.2 Å². The lowest BCUT2D eigenvalue weighted by Crippen LogP contribution is -2.36. The molecule has 0 aliphatic carbocycles. The molecule has 1 atom stereocenters. The third-order valence-electron chi connectivity index (χ3n) is 2.20. The van der Waals surface area contributed by atoms with Crippen LogP contribution >= 0.6 is 0 Å². The fraction of sp³-hybridized carbons (Fsp3) is 0.600. The Hall–Kier alpha value is -1.52. The van der Waals surface area contributed by atoms with Crippen LogP contribution in [0.1, 0.15) is 12.6 Å². The van der Waals surface area contributed by atoms with Crippen molar-refractivity contribution in [3.8, 4) is 0 Å². The van der Waals surface area contributed by atoms with Gasteiger partial charge < -0.3 is 10.2 Å². The summed E-state index contributed by atoms with van der Waals surface area (Å²) in [5.41, 5.74) is 1.80. The summed E-state index contributed by atoms with van der Waals surface area (Å²) in [5, 5.41) is 7.34. The molecule has 1 amide bonds. The van der Waals surface area contributed by atoms with Crippen molar-refractivity contribution in [2.75, 3.05) is 19.4 Å². The fourth-order valence-corrected chi connectivity index (χ4v) is 1.42. The highest BCUT2D eigenvalue weighted by Gasteiger charge is 2.15. The fourth-order valence-electron chi connectivity index (χ4n) is 1.42. The first kappa shape index (κ1) is 11.6. The molecule has 15 heavy (non-hydrogen) atoms. The number of aromatic nitrogens is 2. The van der Waals surface area contributed by atoms with E-state index in [9.17, 15) is 4.79 Å². The first-order valence-electron chi connectivity index (χ1n) is 4.89. The highest BCUT2D eigenvalue weighted by atomic mass is 16.2. The van der Waals surface area contributed by atoms with Crippen molar-refractivity contribution in [1.82, 2.24) is 14.7 Å². The molecule has 0 aliphatic heterocycles. The molecule has 0 saturated heterocycles. The Morgan fingerprint density at radius 1 is 1.60 bits per heavy atom. The van der Waals surface area contributed by atoms with E-state index >= 15 is 0 Å². The van der Waals surface area contributed by atoms with Crippen LogP contribution in [0.3, 0.4) is 0 Å². The summed E-state index contributed by atoms with van der Waals surface area (Å²) in [6.07, 6.45) is 1.87. The number of nitrogens with one attached hydrogen (secondary N) is 1. The molecule has 0 bridgehead atoms. The number of rotatable bonds is 3. The Kier molecular flexibility index (Phi) is 3.34. The number of carbonyl (C=O) groups is 1. The molecule has 1 heterocycles. The molecule has 1 unspecified atom stereocenters. The lowest BCUT2D eigenvalue weighted by Gasteiger charge is -2.18. The van der Waals surface area contributed by atoms with Gasteiger partial charge in [-0.25, -0.2) is 0 Å². The number of amides is 1. The van der Waals surface area contributed by atoms with Gasteiger partial charge in [-0.2, -0.15) is 5.10 Å². The van der Waals surface area contributed by atoms with Gasteiger partial charge in [-0.05, 0) is 13.8 Å². The highest BCUT2D eigenvalue weighted by molar-refractivity contribution is 5.83. The summed E-state index contributed by atoms with van der Waals surface area (Å²) in [7, 11) is 5.35. The number of aryl methyl sites for hydroxylation is 2. The smallest absolute Gasteiger partial charge is 0.244 e.